The summed E-state index contributed by atoms with van der Waals surface area (Å²) in [5.41, 5.74) is 6.33. The number of anilines is 3. The summed E-state index contributed by atoms with van der Waals surface area (Å²) in [6.45, 7) is 3.41. The van der Waals surface area contributed by atoms with Crippen LogP contribution in [0.4, 0.5) is 17.2 Å². The molecule has 4 amide bonds. The van der Waals surface area contributed by atoms with Crippen molar-refractivity contribution >= 4 is 40.8 Å². The fourth-order valence-electron chi connectivity index (χ4n) is 5.54. The number of carbonyl (C=O) groups excluding carboxylic acids is 4. The Morgan fingerprint density at radius 2 is 2.00 bits per heavy atom. The smallest absolute Gasteiger partial charge is 0.257 e. The highest BCUT2D eigenvalue weighted by atomic mass is 16.2. The van der Waals surface area contributed by atoms with E-state index < -0.39 is 5.66 Å². The molecule has 0 bridgehead atoms. The minimum Gasteiger partial charge on any atom is -0.369 e. The molecular weight excluding hydrogens is 460 g/mol. The zero-order valence-corrected chi connectivity index (χ0v) is 20.3. The second kappa shape index (κ2) is 9.25. The SMILES string of the molecule is CC12CCC(=O)N1c1ccccc1C(=O)N2CCC(=O)Nc1ccc(N2CCCC(C(N)=O)C2)nc1. The van der Waals surface area contributed by atoms with Gasteiger partial charge in [-0.1, -0.05) is 12.1 Å². The number of pyridine rings is 1. The van der Waals surface area contributed by atoms with Gasteiger partial charge < -0.3 is 20.9 Å². The molecule has 0 aliphatic carbocycles. The molecule has 3 aliphatic rings. The topological polar surface area (TPSA) is 129 Å². The summed E-state index contributed by atoms with van der Waals surface area (Å²) in [6.07, 6.45) is 4.20. The molecule has 0 spiro atoms. The molecule has 5 rings (SSSR count). The molecule has 10 nitrogen and oxygen atoms in total. The molecule has 2 aromatic rings. The number of nitrogens with one attached hydrogen (secondary N) is 1. The molecule has 2 atom stereocenters. The van der Waals surface area contributed by atoms with Gasteiger partial charge >= 0.3 is 0 Å². The molecule has 3 N–H and O–H groups in total. The number of benzene rings is 1. The largest absolute Gasteiger partial charge is 0.369 e. The number of carbonyl (C=O) groups is 4. The van der Waals surface area contributed by atoms with E-state index in [0.717, 1.165) is 25.2 Å². The average Bonchev–Trinajstić information content (AvgIpc) is 3.19. The van der Waals surface area contributed by atoms with Crippen molar-refractivity contribution in [2.24, 2.45) is 11.7 Å². The fourth-order valence-corrected chi connectivity index (χ4v) is 5.54. The van der Waals surface area contributed by atoms with Crippen LogP contribution in [0.15, 0.2) is 42.6 Å². The molecule has 0 radical (unpaired) electrons. The van der Waals surface area contributed by atoms with E-state index in [2.05, 4.69) is 10.3 Å². The molecule has 10 heteroatoms. The maximum atomic E-state index is 13.3. The highest BCUT2D eigenvalue weighted by Gasteiger charge is 2.52. The van der Waals surface area contributed by atoms with Crippen molar-refractivity contribution in [2.75, 3.05) is 34.8 Å². The molecular formula is C26H30N6O4. The predicted molar refractivity (Wildman–Crippen MR) is 134 cm³/mol. The van der Waals surface area contributed by atoms with Gasteiger partial charge in [0, 0.05) is 32.5 Å². The quantitative estimate of drug-likeness (QED) is 0.638. The first-order chi connectivity index (χ1) is 17.3. The van der Waals surface area contributed by atoms with Crippen LogP contribution in [0.1, 0.15) is 49.4 Å². The van der Waals surface area contributed by atoms with Gasteiger partial charge in [0.15, 0.2) is 0 Å². The number of fused-ring (bicyclic) bond motifs is 3. The number of piperidine rings is 1. The highest BCUT2D eigenvalue weighted by Crippen LogP contribution is 2.44. The third kappa shape index (κ3) is 4.16. The van der Waals surface area contributed by atoms with Crippen molar-refractivity contribution in [1.29, 1.82) is 0 Å². The second-order valence-corrected chi connectivity index (χ2v) is 9.81. The molecule has 2 fully saturated rings. The van der Waals surface area contributed by atoms with Crippen molar-refractivity contribution in [3.63, 3.8) is 0 Å². The van der Waals surface area contributed by atoms with Crippen molar-refractivity contribution in [3.05, 3.63) is 48.2 Å². The van der Waals surface area contributed by atoms with Gasteiger partial charge in [-0.15, -0.1) is 0 Å². The number of nitrogens with two attached hydrogens (primary N) is 1. The Balaban J connectivity index is 1.23. The minimum absolute atomic E-state index is 0.0195. The lowest BCUT2D eigenvalue weighted by atomic mass is 9.97. The van der Waals surface area contributed by atoms with E-state index in [1.807, 2.05) is 24.0 Å². The number of amides is 4. The molecule has 2 saturated heterocycles. The van der Waals surface area contributed by atoms with E-state index in [9.17, 15) is 19.2 Å². The van der Waals surface area contributed by atoms with Gasteiger partial charge in [0.2, 0.25) is 17.7 Å². The molecule has 4 heterocycles. The van der Waals surface area contributed by atoms with Crippen LogP contribution < -0.4 is 20.9 Å². The third-order valence-corrected chi connectivity index (χ3v) is 7.49. The van der Waals surface area contributed by atoms with E-state index in [4.69, 9.17) is 5.73 Å². The van der Waals surface area contributed by atoms with Gasteiger partial charge in [-0.2, -0.15) is 0 Å². The van der Waals surface area contributed by atoms with Crippen molar-refractivity contribution in [2.45, 2.75) is 44.7 Å². The van der Waals surface area contributed by atoms with Crippen LogP contribution >= 0.6 is 0 Å². The van der Waals surface area contributed by atoms with E-state index >= 15 is 0 Å². The molecule has 1 aromatic heterocycles. The summed E-state index contributed by atoms with van der Waals surface area (Å²) in [6, 6.07) is 10.7. The first kappa shape index (κ1) is 23.8. The summed E-state index contributed by atoms with van der Waals surface area (Å²) >= 11 is 0. The van der Waals surface area contributed by atoms with Gasteiger partial charge in [-0.25, -0.2) is 4.98 Å². The van der Waals surface area contributed by atoms with Crippen LogP contribution in [-0.4, -0.2) is 58.8 Å². The Hall–Kier alpha value is -3.95. The Morgan fingerprint density at radius 1 is 1.19 bits per heavy atom. The number of para-hydroxylation sites is 1. The third-order valence-electron chi connectivity index (χ3n) is 7.49. The molecule has 0 saturated carbocycles. The average molecular weight is 491 g/mol. The Bertz CT molecular complexity index is 1220. The number of aromatic nitrogens is 1. The molecule has 188 valence electrons. The van der Waals surface area contributed by atoms with Crippen molar-refractivity contribution in [1.82, 2.24) is 9.88 Å². The Kier molecular flexibility index (Phi) is 6.11. The number of hydrogen-bond donors (Lipinski definition) is 2. The lowest BCUT2D eigenvalue weighted by molar-refractivity contribution is -0.122. The summed E-state index contributed by atoms with van der Waals surface area (Å²) < 4.78 is 0. The van der Waals surface area contributed by atoms with Gasteiger partial charge in [0.05, 0.1) is 29.1 Å². The zero-order chi connectivity index (χ0) is 25.4. The molecule has 1 aromatic carbocycles. The first-order valence-corrected chi connectivity index (χ1v) is 12.3. The van der Waals surface area contributed by atoms with Gasteiger partial charge in [-0.3, -0.25) is 24.1 Å². The lowest BCUT2D eigenvalue weighted by Crippen LogP contribution is -2.62. The van der Waals surface area contributed by atoms with Gasteiger partial charge in [-0.05, 0) is 50.5 Å². The summed E-state index contributed by atoms with van der Waals surface area (Å²) in [5.74, 6) is -0.184. The highest BCUT2D eigenvalue weighted by molar-refractivity contribution is 6.10. The number of rotatable bonds is 6. The normalized spacial score (nSPS) is 23.4. The first-order valence-electron chi connectivity index (χ1n) is 12.3. The molecule has 3 aliphatic heterocycles. The molecule has 2 unspecified atom stereocenters. The van der Waals surface area contributed by atoms with E-state index in [-0.39, 0.29) is 42.5 Å². The molecule has 36 heavy (non-hydrogen) atoms. The van der Waals surface area contributed by atoms with Crippen LogP contribution in [0.5, 0.6) is 0 Å². The lowest BCUT2D eigenvalue weighted by Gasteiger charge is -2.48. The van der Waals surface area contributed by atoms with Gasteiger partial charge in [0.1, 0.15) is 11.5 Å². The van der Waals surface area contributed by atoms with E-state index in [1.54, 1.807) is 40.3 Å². The number of nitrogens with zero attached hydrogens (tertiary/aromatic N) is 4. The van der Waals surface area contributed by atoms with Crippen LogP contribution in [-0.2, 0) is 14.4 Å². The van der Waals surface area contributed by atoms with Gasteiger partial charge in [0.25, 0.3) is 5.91 Å². The summed E-state index contributed by atoms with van der Waals surface area (Å²) in [7, 11) is 0. The number of primary amides is 1. The van der Waals surface area contributed by atoms with Crippen LogP contribution in [0.3, 0.4) is 0 Å². The van der Waals surface area contributed by atoms with Crippen molar-refractivity contribution in [3.8, 4) is 0 Å². The van der Waals surface area contributed by atoms with E-state index in [0.29, 0.717) is 36.3 Å². The predicted octanol–water partition coefficient (Wildman–Crippen LogP) is 2.11. The van der Waals surface area contributed by atoms with Crippen molar-refractivity contribution < 1.29 is 19.2 Å². The number of hydrogen-bond acceptors (Lipinski definition) is 6. The fraction of sp³-hybridized carbons (Fsp3) is 0.423. The Labute approximate surface area is 209 Å². The second-order valence-electron chi connectivity index (χ2n) is 9.81. The van der Waals surface area contributed by atoms with Crippen LogP contribution in [0.25, 0.3) is 0 Å². The van der Waals surface area contributed by atoms with Crippen LogP contribution in [0, 0.1) is 5.92 Å². The monoisotopic (exact) mass is 490 g/mol. The summed E-state index contributed by atoms with van der Waals surface area (Å²) in [4.78, 5) is 60.1. The Morgan fingerprint density at radius 3 is 2.75 bits per heavy atom. The zero-order valence-electron chi connectivity index (χ0n) is 20.3. The standard InChI is InChI=1S/C26H30N6O4/c1-26-12-10-23(34)32(26)20-7-3-2-6-19(20)25(36)31(26)14-11-22(33)29-18-8-9-21(28-15-18)30-13-4-5-17(16-30)24(27)35/h2-3,6-9,15,17H,4-5,10-14,16H2,1H3,(H2,27,35)(H,29,33). The van der Waals surface area contributed by atoms with Crippen LogP contribution in [0.2, 0.25) is 0 Å². The van der Waals surface area contributed by atoms with E-state index in [1.165, 1.54) is 0 Å². The minimum atomic E-state index is -0.788. The maximum Gasteiger partial charge on any atom is 0.257 e. The summed E-state index contributed by atoms with van der Waals surface area (Å²) in [5, 5.41) is 2.84. The maximum absolute atomic E-state index is 13.3.